The number of hydrogen-bond donors (Lipinski definition) is 4. The number of para-hydroxylation sites is 1. The van der Waals surface area contributed by atoms with Crippen LogP contribution in [0.1, 0.15) is 24.2 Å². The SMILES string of the molecule is C[C@H](Cc1c[nH]c2c(OCC(=O)O)cccc12)NCC(O)c1cccnc1. The minimum Gasteiger partial charge on any atom is -0.480 e. The Balaban J connectivity index is 1.62. The van der Waals surface area contributed by atoms with Gasteiger partial charge in [-0.3, -0.25) is 4.98 Å². The summed E-state index contributed by atoms with van der Waals surface area (Å²) >= 11 is 0. The van der Waals surface area contributed by atoms with Gasteiger partial charge in [-0.05, 0) is 31.0 Å². The number of carboxylic acid groups (broad SMARTS) is 1. The molecule has 4 N–H and O–H groups in total. The molecule has 7 heteroatoms. The molecule has 0 aliphatic carbocycles. The van der Waals surface area contributed by atoms with Crippen LogP contribution in [-0.2, 0) is 11.2 Å². The molecule has 27 heavy (non-hydrogen) atoms. The fraction of sp³-hybridized carbons (Fsp3) is 0.300. The lowest BCUT2D eigenvalue weighted by atomic mass is 10.1. The van der Waals surface area contributed by atoms with Crippen molar-refractivity contribution in [2.24, 2.45) is 0 Å². The van der Waals surface area contributed by atoms with E-state index in [1.54, 1.807) is 24.5 Å². The van der Waals surface area contributed by atoms with Gasteiger partial charge in [0.05, 0.1) is 11.6 Å². The molecule has 2 atom stereocenters. The minimum atomic E-state index is -1.01. The molecule has 0 saturated heterocycles. The Bertz CT molecular complexity index is 895. The lowest BCUT2D eigenvalue weighted by molar-refractivity contribution is -0.139. The van der Waals surface area contributed by atoms with Crippen LogP contribution in [0.25, 0.3) is 10.9 Å². The second-order valence-corrected chi connectivity index (χ2v) is 6.49. The molecular weight excluding hydrogens is 346 g/mol. The summed E-state index contributed by atoms with van der Waals surface area (Å²) in [6.07, 6.45) is 5.39. The van der Waals surface area contributed by atoms with Gasteiger partial charge in [0.25, 0.3) is 0 Å². The van der Waals surface area contributed by atoms with E-state index >= 15 is 0 Å². The first-order chi connectivity index (χ1) is 13.0. The standard InChI is InChI=1S/C20H23N3O4/c1-13(22-11-17(24)14-4-3-7-21-9-14)8-15-10-23-20-16(15)5-2-6-18(20)27-12-19(25)26/h2-7,9-10,13,17,22-24H,8,11-12H2,1H3,(H,25,26)/t13-,17?/m1/s1. The first-order valence-corrected chi connectivity index (χ1v) is 8.79. The normalized spacial score (nSPS) is 13.4. The predicted octanol–water partition coefficient (Wildman–Crippen LogP) is 2.28. The van der Waals surface area contributed by atoms with E-state index in [0.29, 0.717) is 12.3 Å². The topological polar surface area (TPSA) is 107 Å². The Kier molecular flexibility index (Phi) is 6.05. The maximum Gasteiger partial charge on any atom is 0.341 e. The summed E-state index contributed by atoms with van der Waals surface area (Å²) in [5.41, 5.74) is 2.67. The van der Waals surface area contributed by atoms with Gasteiger partial charge in [-0.25, -0.2) is 4.79 Å². The number of benzene rings is 1. The van der Waals surface area contributed by atoms with Gasteiger partial charge in [0.2, 0.25) is 0 Å². The highest BCUT2D eigenvalue weighted by molar-refractivity contribution is 5.88. The highest BCUT2D eigenvalue weighted by Gasteiger charge is 2.14. The van der Waals surface area contributed by atoms with Gasteiger partial charge in [-0.15, -0.1) is 0 Å². The van der Waals surface area contributed by atoms with Crippen LogP contribution in [0, 0.1) is 0 Å². The summed E-state index contributed by atoms with van der Waals surface area (Å²) in [5.74, 6) is -0.488. The van der Waals surface area contributed by atoms with E-state index < -0.39 is 12.1 Å². The number of carboxylic acids is 1. The molecule has 2 aromatic heterocycles. The number of H-pyrrole nitrogens is 1. The molecule has 1 aromatic carbocycles. The summed E-state index contributed by atoms with van der Waals surface area (Å²) in [6, 6.07) is 9.36. The molecule has 0 aliphatic heterocycles. The molecule has 3 aromatic rings. The first-order valence-electron chi connectivity index (χ1n) is 8.79. The van der Waals surface area contributed by atoms with E-state index in [2.05, 4.69) is 22.2 Å². The van der Waals surface area contributed by atoms with E-state index in [9.17, 15) is 9.90 Å². The molecule has 0 fully saturated rings. The van der Waals surface area contributed by atoms with Gasteiger partial charge < -0.3 is 25.3 Å². The van der Waals surface area contributed by atoms with E-state index in [0.717, 1.165) is 28.5 Å². The van der Waals surface area contributed by atoms with Crippen molar-refractivity contribution in [1.82, 2.24) is 15.3 Å². The Hall–Kier alpha value is -2.90. The Labute approximate surface area is 157 Å². The number of rotatable bonds is 9. The van der Waals surface area contributed by atoms with Crippen molar-refractivity contribution in [1.29, 1.82) is 0 Å². The summed E-state index contributed by atoms with van der Waals surface area (Å²) in [5, 5.41) is 23.4. The second kappa shape index (κ2) is 8.66. The smallest absolute Gasteiger partial charge is 0.341 e. The molecular formula is C20H23N3O4. The molecule has 0 bridgehead atoms. The maximum atomic E-state index is 10.7. The third-order valence-corrected chi connectivity index (χ3v) is 4.37. The average molecular weight is 369 g/mol. The molecule has 142 valence electrons. The fourth-order valence-electron chi connectivity index (χ4n) is 3.02. The van der Waals surface area contributed by atoms with Crippen molar-refractivity contribution in [3.63, 3.8) is 0 Å². The largest absolute Gasteiger partial charge is 0.480 e. The zero-order valence-corrected chi connectivity index (χ0v) is 15.1. The molecule has 1 unspecified atom stereocenters. The number of pyridine rings is 1. The third-order valence-electron chi connectivity index (χ3n) is 4.37. The van der Waals surface area contributed by atoms with Crippen LogP contribution in [0.4, 0.5) is 0 Å². The summed E-state index contributed by atoms with van der Waals surface area (Å²) in [6.45, 7) is 2.11. The van der Waals surface area contributed by atoms with E-state index in [-0.39, 0.29) is 12.6 Å². The van der Waals surface area contributed by atoms with Gasteiger partial charge >= 0.3 is 5.97 Å². The molecule has 7 nitrogen and oxygen atoms in total. The first kappa shape index (κ1) is 18.9. The Morgan fingerprint density at radius 2 is 2.19 bits per heavy atom. The zero-order valence-electron chi connectivity index (χ0n) is 15.1. The van der Waals surface area contributed by atoms with Crippen LogP contribution in [0.3, 0.4) is 0 Å². The molecule has 0 amide bonds. The number of aromatic nitrogens is 2. The van der Waals surface area contributed by atoms with Gasteiger partial charge in [0.1, 0.15) is 5.75 Å². The fourth-order valence-corrected chi connectivity index (χ4v) is 3.02. The molecule has 3 rings (SSSR count). The van der Waals surface area contributed by atoms with Crippen molar-refractivity contribution in [3.05, 3.63) is 60.0 Å². The lowest BCUT2D eigenvalue weighted by Gasteiger charge is -2.17. The van der Waals surface area contributed by atoms with Crippen LogP contribution in [0.2, 0.25) is 0 Å². The summed E-state index contributed by atoms with van der Waals surface area (Å²) < 4.78 is 5.34. The number of aliphatic hydroxyl groups excluding tert-OH is 1. The van der Waals surface area contributed by atoms with Crippen molar-refractivity contribution in [3.8, 4) is 5.75 Å². The van der Waals surface area contributed by atoms with Crippen molar-refractivity contribution in [2.45, 2.75) is 25.5 Å². The second-order valence-electron chi connectivity index (χ2n) is 6.49. The maximum absolute atomic E-state index is 10.7. The van der Waals surface area contributed by atoms with Gasteiger partial charge in [0.15, 0.2) is 6.61 Å². The van der Waals surface area contributed by atoms with Crippen molar-refractivity contribution in [2.75, 3.05) is 13.2 Å². The van der Waals surface area contributed by atoms with Crippen LogP contribution in [-0.4, -0.2) is 45.3 Å². The van der Waals surface area contributed by atoms with Crippen LogP contribution in [0.15, 0.2) is 48.9 Å². The number of carbonyl (C=O) groups is 1. The number of nitrogens with zero attached hydrogens (tertiary/aromatic N) is 1. The van der Waals surface area contributed by atoms with Crippen LogP contribution >= 0.6 is 0 Å². The number of hydrogen-bond acceptors (Lipinski definition) is 5. The number of aliphatic carboxylic acids is 1. The third kappa shape index (κ3) is 4.84. The molecule has 0 radical (unpaired) electrons. The van der Waals surface area contributed by atoms with Crippen LogP contribution < -0.4 is 10.1 Å². The molecule has 0 aliphatic rings. The quantitative estimate of drug-likeness (QED) is 0.461. The zero-order chi connectivity index (χ0) is 19.2. The Morgan fingerprint density at radius 3 is 2.93 bits per heavy atom. The van der Waals surface area contributed by atoms with E-state index in [1.807, 2.05) is 24.4 Å². The molecule has 0 saturated carbocycles. The minimum absolute atomic E-state index is 0.138. The number of ether oxygens (including phenoxy) is 1. The monoisotopic (exact) mass is 369 g/mol. The van der Waals surface area contributed by atoms with Gasteiger partial charge in [-0.1, -0.05) is 18.2 Å². The molecule has 2 heterocycles. The van der Waals surface area contributed by atoms with E-state index in [4.69, 9.17) is 9.84 Å². The number of aliphatic hydroxyl groups is 1. The average Bonchev–Trinajstić information content (AvgIpc) is 3.08. The van der Waals surface area contributed by atoms with Crippen LogP contribution in [0.5, 0.6) is 5.75 Å². The highest BCUT2D eigenvalue weighted by atomic mass is 16.5. The van der Waals surface area contributed by atoms with E-state index in [1.165, 1.54) is 0 Å². The summed E-state index contributed by atoms with van der Waals surface area (Å²) in [7, 11) is 0. The highest BCUT2D eigenvalue weighted by Crippen LogP contribution is 2.28. The van der Waals surface area contributed by atoms with Crippen molar-refractivity contribution >= 4 is 16.9 Å². The summed E-state index contributed by atoms with van der Waals surface area (Å²) in [4.78, 5) is 17.9. The lowest BCUT2D eigenvalue weighted by Crippen LogP contribution is -2.32. The number of aromatic amines is 1. The molecule has 0 spiro atoms. The Morgan fingerprint density at radius 1 is 1.33 bits per heavy atom. The predicted molar refractivity (Wildman–Crippen MR) is 102 cm³/mol. The number of nitrogens with one attached hydrogen (secondary N) is 2. The number of fused-ring (bicyclic) bond motifs is 1. The van der Waals surface area contributed by atoms with Gasteiger partial charge in [-0.2, -0.15) is 0 Å². The van der Waals surface area contributed by atoms with Crippen molar-refractivity contribution < 1.29 is 19.7 Å². The van der Waals surface area contributed by atoms with Gasteiger partial charge in [0, 0.05) is 42.1 Å².